The van der Waals surface area contributed by atoms with Gasteiger partial charge in [-0.15, -0.1) is 0 Å². The monoisotopic (exact) mass is 241 g/mol. The van der Waals surface area contributed by atoms with E-state index in [9.17, 15) is 5.11 Å². The normalized spacial score (nSPS) is 11.6. The lowest BCUT2D eigenvalue weighted by molar-refractivity contribution is 0.281. The molecule has 1 aromatic carbocycles. The number of halogens is 1. The smallest absolute Gasteiger partial charge is 0.0716 e. The second-order valence-corrected chi connectivity index (χ2v) is 5.03. The fourth-order valence-corrected chi connectivity index (χ4v) is 1.81. The van der Waals surface area contributed by atoms with Gasteiger partial charge in [-0.2, -0.15) is 0 Å². The van der Waals surface area contributed by atoms with E-state index >= 15 is 0 Å². The lowest BCUT2D eigenvalue weighted by Crippen LogP contribution is -2.41. The second kappa shape index (κ2) is 5.07. The van der Waals surface area contributed by atoms with Crippen LogP contribution in [0.1, 0.15) is 32.8 Å². The van der Waals surface area contributed by atoms with Gasteiger partial charge in [0.05, 0.1) is 6.61 Å². The average Bonchev–Trinajstić information content (AvgIpc) is 2.27. The Bertz CT molecular complexity index is 363. The first-order valence-corrected chi connectivity index (χ1v) is 5.94. The molecule has 0 radical (unpaired) electrons. The molecule has 2 nitrogen and oxygen atoms in total. The number of benzene rings is 1. The third-order valence-electron chi connectivity index (χ3n) is 3.39. The highest BCUT2D eigenvalue weighted by molar-refractivity contribution is 6.31. The predicted molar refractivity (Wildman–Crippen MR) is 70.1 cm³/mol. The minimum atomic E-state index is -0.0286. The average molecular weight is 242 g/mol. The highest BCUT2D eigenvalue weighted by Crippen LogP contribution is 2.31. The molecule has 0 saturated carbocycles. The van der Waals surface area contributed by atoms with Gasteiger partial charge in [0.2, 0.25) is 0 Å². The van der Waals surface area contributed by atoms with Crippen molar-refractivity contribution in [1.29, 1.82) is 0 Å². The highest BCUT2D eigenvalue weighted by Gasteiger charge is 2.23. The van der Waals surface area contributed by atoms with Crippen LogP contribution in [0.25, 0.3) is 0 Å². The molecular weight excluding hydrogens is 222 g/mol. The summed E-state index contributed by atoms with van der Waals surface area (Å²) in [5.41, 5.74) is 1.85. The molecule has 0 unspecified atom stereocenters. The van der Waals surface area contributed by atoms with E-state index in [1.807, 2.05) is 25.2 Å². The van der Waals surface area contributed by atoms with Crippen molar-refractivity contribution in [2.24, 2.45) is 0 Å². The molecule has 0 saturated heterocycles. The third kappa shape index (κ3) is 2.50. The summed E-state index contributed by atoms with van der Waals surface area (Å²) in [5.74, 6) is 0. The highest BCUT2D eigenvalue weighted by atomic mass is 35.5. The van der Waals surface area contributed by atoms with Crippen molar-refractivity contribution >= 4 is 17.3 Å². The van der Waals surface area contributed by atoms with E-state index in [-0.39, 0.29) is 12.1 Å². The Morgan fingerprint density at radius 1 is 1.38 bits per heavy atom. The van der Waals surface area contributed by atoms with Gasteiger partial charge in [0.1, 0.15) is 0 Å². The van der Waals surface area contributed by atoms with E-state index in [1.54, 1.807) is 0 Å². The van der Waals surface area contributed by atoms with Gasteiger partial charge < -0.3 is 10.0 Å². The zero-order valence-electron chi connectivity index (χ0n) is 10.4. The molecular formula is C13H20ClNO. The van der Waals surface area contributed by atoms with Crippen LogP contribution in [-0.2, 0) is 6.61 Å². The van der Waals surface area contributed by atoms with Crippen molar-refractivity contribution < 1.29 is 5.11 Å². The molecule has 0 aliphatic heterocycles. The quantitative estimate of drug-likeness (QED) is 0.873. The zero-order chi connectivity index (χ0) is 12.3. The number of anilines is 1. The van der Waals surface area contributed by atoms with Crippen LogP contribution < -0.4 is 4.90 Å². The summed E-state index contributed by atoms with van der Waals surface area (Å²) in [4.78, 5) is 2.17. The molecule has 0 aliphatic rings. The number of hydrogen-bond acceptors (Lipinski definition) is 2. The molecule has 0 amide bonds. The van der Waals surface area contributed by atoms with Crippen LogP contribution in [0.4, 0.5) is 5.69 Å². The molecule has 1 rings (SSSR count). The molecule has 3 heteroatoms. The number of nitrogens with zero attached hydrogens (tertiary/aromatic N) is 1. The Labute approximate surface area is 103 Å². The molecule has 0 fully saturated rings. The number of aliphatic hydroxyl groups excluding tert-OH is 1. The number of rotatable bonds is 4. The maximum absolute atomic E-state index is 9.38. The SMILES string of the molecule is CCC(C)(C)N(C)c1cccc(Cl)c1CO. The Kier molecular flexibility index (Phi) is 4.22. The van der Waals surface area contributed by atoms with Crippen molar-refractivity contribution in [3.8, 4) is 0 Å². The Balaban J connectivity index is 3.18. The van der Waals surface area contributed by atoms with Gasteiger partial charge in [0.15, 0.2) is 0 Å². The molecule has 0 bridgehead atoms. The van der Waals surface area contributed by atoms with Crippen molar-refractivity contribution in [2.75, 3.05) is 11.9 Å². The van der Waals surface area contributed by atoms with E-state index in [0.717, 1.165) is 17.7 Å². The van der Waals surface area contributed by atoms with Gasteiger partial charge in [0.25, 0.3) is 0 Å². The Morgan fingerprint density at radius 2 is 2.00 bits per heavy atom. The fraction of sp³-hybridized carbons (Fsp3) is 0.538. The van der Waals surface area contributed by atoms with Crippen LogP contribution in [0.3, 0.4) is 0 Å². The Morgan fingerprint density at radius 3 is 2.50 bits per heavy atom. The second-order valence-electron chi connectivity index (χ2n) is 4.62. The minimum Gasteiger partial charge on any atom is -0.392 e. The largest absolute Gasteiger partial charge is 0.392 e. The van der Waals surface area contributed by atoms with Gasteiger partial charge >= 0.3 is 0 Å². The molecule has 0 atom stereocenters. The summed E-state index contributed by atoms with van der Waals surface area (Å²) < 4.78 is 0. The van der Waals surface area contributed by atoms with Crippen molar-refractivity contribution in [1.82, 2.24) is 0 Å². The number of aliphatic hydroxyl groups is 1. The van der Waals surface area contributed by atoms with Gasteiger partial charge in [-0.25, -0.2) is 0 Å². The molecule has 16 heavy (non-hydrogen) atoms. The summed E-state index contributed by atoms with van der Waals surface area (Å²) in [6.45, 7) is 6.48. The van der Waals surface area contributed by atoms with Crippen molar-refractivity contribution in [3.63, 3.8) is 0 Å². The fourth-order valence-electron chi connectivity index (χ4n) is 1.58. The van der Waals surface area contributed by atoms with E-state index in [1.165, 1.54) is 0 Å². The summed E-state index contributed by atoms with van der Waals surface area (Å²) in [6, 6.07) is 5.72. The van der Waals surface area contributed by atoms with E-state index in [4.69, 9.17) is 11.6 Å². The third-order valence-corrected chi connectivity index (χ3v) is 3.74. The van der Waals surface area contributed by atoms with Crippen LogP contribution in [0, 0.1) is 0 Å². The van der Waals surface area contributed by atoms with Crippen LogP contribution >= 0.6 is 11.6 Å². The van der Waals surface area contributed by atoms with Crippen molar-refractivity contribution in [3.05, 3.63) is 28.8 Å². The molecule has 0 aromatic heterocycles. The molecule has 0 aliphatic carbocycles. The first-order chi connectivity index (χ1) is 7.44. The number of hydrogen-bond donors (Lipinski definition) is 1. The first kappa shape index (κ1) is 13.3. The lowest BCUT2D eigenvalue weighted by atomic mass is 9.98. The van der Waals surface area contributed by atoms with Gasteiger partial charge in [0, 0.05) is 28.9 Å². The molecule has 90 valence electrons. The van der Waals surface area contributed by atoms with E-state index < -0.39 is 0 Å². The standard InChI is InChI=1S/C13H20ClNO/c1-5-13(2,3)15(4)12-8-6-7-11(14)10(12)9-16/h6-8,16H,5,9H2,1-4H3. The van der Waals surface area contributed by atoms with Crippen LogP contribution in [0.2, 0.25) is 5.02 Å². The molecule has 1 aromatic rings. The lowest BCUT2D eigenvalue weighted by Gasteiger charge is -2.38. The first-order valence-electron chi connectivity index (χ1n) is 5.56. The summed E-state index contributed by atoms with van der Waals surface area (Å²) in [7, 11) is 2.04. The molecule has 0 heterocycles. The predicted octanol–water partition coefficient (Wildman–Crippen LogP) is 3.46. The van der Waals surface area contributed by atoms with Gasteiger partial charge in [-0.3, -0.25) is 0 Å². The molecule has 0 spiro atoms. The topological polar surface area (TPSA) is 23.5 Å². The minimum absolute atomic E-state index is 0.0286. The summed E-state index contributed by atoms with van der Waals surface area (Å²) in [6.07, 6.45) is 1.03. The Hall–Kier alpha value is -0.730. The van der Waals surface area contributed by atoms with Gasteiger partial charge in [-0.1, -0.05) is 24.6 Å². The maximum atomic E-state index is 9.38. The summed E-state index contributed by atoms with van der Waals surface area (Å²) in [5, 5.41) is 10.00. The van der Waals surface area contributed by atoms with Crippen LogP contribution in [0.15, 0.2) is 18.2 Å². The van der Waals surface area contributed by atoms with Crippen LogP contribution in [-0.4, -0.2) is 17.7 Å². The van der Waals surface area contributed by atoms with E-state index in [0.29, 0.717) is 5.02 Å². The van der Waals surface area contributed by atoms with E-state index in [2.05, 4.69) is 25.7 Å². The maximum Gasteiger partial charge on any atom is 0.0716 e. The van der Waals surface area contributed by atoms with Gasteiger partial charge in [-0.05, 0) is 32.4 Å². The van der Waals surface area contributed by atoms with Crippen molar-refractivity contribution in [2.45, 2.75) is 39.3 Å². The molecule has 1 N–H and O–H groups in total. The van der Waals surface area contributed by atoms with Crippen LogP contribution in [0.5, 0.6) is 0 Å². The summed E-state index contributed by atoms with van der Waals surface area (Å²) >= 11 is 6.08. The zero-order valence-corrected chi connectivity index (χ0v) is 11.2.